The lowest BCUT2D eigenvalue weighted by Gasteiger charge is -2.04. The third-order valence-corrected chi connectivity index (χ3v) is 6.50. The lowest BCUT2D eigenvalue weighted by molar-refractivity contribution is 0.628. The summed E-state index contributed by atoms with van der Waals surface area (Å²) in [5.74, 6) is 1.43. The second kappa shape index (κ2) is 6.90. The molecule has 4 aromatic rings. The van der Waals surface area contributed by atoms with Crippen LogP contribution in [0.4, 0.5) is 4.39 Å². The van der Waals surface area contributed by atoms with Crippen LogP contribution in [-0.2, 0) is 12.8 Å². The Labute approximate surface area is 162 Å². The fraction of sp³-hybridized carbons (Fsp3) is 0.222. The minimum atomic E-state index is -0.292. The Morgan fingerprint density at radius 3 is 2.70 bits per heavy atom. The highest BCUT2D eigenvalue weighted by Gasteiger charge is 2.14. The summed E-state index contributed by atoms with van der Waals surface area (Å²) in [5, 5.41) is 9.75. The van der Waals surface area contributed by atoms with Gasteiger partial charge in [-0.1, -0.05) is 11.8 Å². The number of aromatic nitrogens is 5. The molecule has 0 radical (unpaired) electrons. The fourth-order valence-corrected chi connectivity index (χ4v) is 4.62. The molecule has 0 saturated heterocycles. The summed E-state index contributed by atoms with van der Waals surface area (Å²) >= 11 is 2.96. The van der Waals surface area contributed by atoms with Crippen LogP contribution in [0.1, 0.15) is 16.3 Å². The maximum atomic E-state index is 13.1. The van der Waals surface area contributed by atoms with E-state index < -0.39 is 0 Å². The largest absolute Gasteiger partial charge is 0.309 e. The third kappa shape index (κ3) is 3.28. The predicted molar refractivity (Wildman–Crippen MR) is 106 cm³/mol. The van der Waals surface area contributed by atoms with Crippen molar-refractivity contribution in [1.82, 2.24) is 24.7 Å². The molecule has 0 unspecified atom stereocenters. The average molecular weight is 401 g/mol. The van der Waals surface area contributed by atoms with E-state index in [1.165, 1.54) is 35.2 Å². The van der Waals surface area contributed by atoms with Crippen LogP contribution in [0.25, 0.3) is 21.6 Å². The molecule has 0 bridgehead atoms. The number of thioether (sulfide) groups is 1. The molecule has 0 amide bonds. The van der Waals surface area contributed by atoms with Gasteiger partial charge in [-0.25, -0.2) is 9.37 Å². The van der Waals surface area contributed by atoms with Crippen LogP contribution in [-0.4, -0.2) is 24.7 Å². The minimum Gasteiger partial charge on any atom is -0.309 e. The van der Waals surface area contributed by atoms with Gasteiger partial charge in [0.1, 0.15) is 16.5 Å². The zero-order chi connectivity index (χ0) is 19.1. The topological polar surface area (TPSA) is 76.5 Å². The summed E-state index contributed by atoms with van der Waals surface area (Å²) in [7, 11) is 1.85. The van der Waals surface area contributed by atoms with E-state index in [1.54, 1.807) is 12.1 Å². The Kier molecular flexibility index (Phi) is 4.56. The second-order valence-electron chi connectivity index (χ2n) is 6.14. The highest BCUT2D eigenvalue weighted by atomic mass is 32.2. The lowest BCUT2D eigenvalue weighted by Crippen LogP contribution is -2.11. The zero-order valence-corrected chi connectivity index (χ0v) is 16.5. The van der Waals surface area contributed by atoms with Gasteiger partial charge in [-0.3, -0.25) is 4.79 Å². The number of hydrogen-bond acceptors (Lipinski definition) is 6. The van der Waals surface area contributed by atoms with Gasteiger partial charge in [-0.05, 0) is 43.7 Å². The molecule has 0 aliphatic heterocycles. The first-order chi connectivity index (χ1) is 12.9. The first-order valence-corrected chi connectivity index (χ1v) is 10.0. The van der Waals surface area contributed by atoms with Crippen molar-refractivity contribution in [2.45, 2.75) is 24.8 Å². The van der Waals surface area contributed by atoms with Crippen molar-refractivity contribution in [3.63, 3.8) is 0 Å². The van der Waals surface area contributed by atoms with Crippen molar-refractivity contribution in [3.05, 3.63) is 56.7 Å². The molecule has 27 heavy (non-hydrogen) atoms. The molecule has 4 rings (SSSR count). The Morgan fingerprint density at radius 2 is 1.96 bits per heavy atom. The van der Waals surface area contributed by atoms with Crippen molar-refractivity contribution < 1.29 is 4.39 Å². The number of halogens is 1. The maximum absolute atomic E-state index is 13.1. The van der Waals surface area contributed by atoms with Crippen molar-refractivity contribution in [3.8, 4) is 11.4 Å². The summed E-state index contributed by atoms with van der Waals surface area (Å²) in [6, 6.07) is 6.13. The number of aromatic amines is 1. The van der Waals surface area contributed by atoms with Crippen molar-refractivity contribution >= 4 is 33.3 Å². The molecule has 0 atom stereocenters. The van der Waals surface area contributed by atoms with E-state index in [0.717, 1.165) is 20.8 Å². The van der Waals surface area contributed by atoms with Gasteiger partial charge < -0.3 is 9.55 Å². The van der Waals surface area contributed by atoms with Crippen LogP contribution in [0.15, 0.2) is 34.2 Å². The van der Waals surface area contributed by atoms with Gasteiger partial charge in [0, 0.05) is 17.5 Å². The van der Waals surface area contributed by atoms with Crippen LogP contribution >= 0.6 is 23.1 Å². The normalized spacial score (nSPS) is 11.4. The number of nitrogens with one attached hydrogen (secondary N) is 1. The van der Waals surface area contributed by atoms with E-state index >= 15 is 0 Å². The third-order valence-electron chi connectivity index (χ3n) is 4.36. The first-order valence-electron chi connectivity index (χ1n) is 8.21. The molecule has 6 nitrogen and oxygen atoms in total. The smallest absolute Gasteiger partial charge is 0.259 e. The molecular weight excluding hydrogens is 385 g/mol. The SMILES string of the molecule is Cc1sc2nc(CSc3nnc(-c4ccc(F)cc4)n3C)[nH]c(=O)c2c1C. The van der Waals surface area contributed by atoms with Crippen molar-refractivity contribution in [2.24, 2.45) is 7.05 Å². The molecule has 0 spiro atoms. The number of H-pyrrole nitrogens is 1. The quantitative estimate of drug-likeness (QED) is 0.526. The lowest BCUT2D eigenvalue weighted by atomic mass is 10.2. The second-order valence-corrected chi connectivity index (χ2v) is 8.28. The number of rotatable bonds is 4. The summed E-state index contributed by atoms with van der Waals surface area (Å²) in [6.45, 7) is 3.93. The average Bonchev–Trinajstić information content (AvgIpc) is 3.14. The van der Waals surface area contributed by atoms with Gasteiger partial charge >= 0.3 is 0 Å². The molecular formula is C18H16FN5OS2. The molecule has 0 aliphatic carbocycles. The molecule has 1 N–H and O–H groups in total. The van der Waals surface area contributed by atoms with Crippen LogP contribution < -0.4 is 5.56 Å². The van der Waals surface area contributed by atoms with E-state index in [0.29, 0.717) is 27.9 Å². The predicted octanol–water partition coefficient (Wildman–Crippen LogP) is 3.83. The maximum Gasteiger partial charge on any atom is 0.259 e. The van der Waals surface area contributed by atoms with Crippen molar-refractivity contribution in [1.29, 1.82) is 0 Å². The van der Waals surface area contributed by atoms with E-state index in [1.807, 2.05) is 25.5 Å². The molecule has 3 heterocycles. The molecule has 138 valence electrons. The molecule has 9 heteroatoms. The summed E-state index contributed by atoms with van der Waals surface area (Å²) < 4.78 is 14.9. The molecule has 0 fully saturated rings. The van der Waals surface area contributed by atoms with E-state index in [2.05, 4.69) is 20.2 Å². The van der Waals surface area contributed by atoms with E-state index in [-0.39, 0.29) is 11.4 Å². The zero-order valence-electron chi connectivity index (χ0n) is 14.9. The van der Waals surface area contributed by atoms with Gasteiger partial charge in [0.05, 0.1) is 11.1 Å². The molecule has 3 aromatic heterocycles. The monoisotopic (exact) mass is 401 g/mol. The number of thiophene rings is 1. The van der Waals surface area contributed by atoms with Crippen LogP contribution in [0.3, 0.4) is 0 Å². The van der Waals surface area contributed by atoms with Gasteiger partial charge in [0.15, 0.2) is 11.0 Å². The number of nitrogens with zero attached hydrogens (tertiary/aromatic N) is 4. The Balaban J connectivity index is 1.58. The number of fused-ring (bicyclic) bond motifs is 1. The number of aryl methyl sites for hydroxylation is 2. The van der Waals surface area contributed by atoms with Gasteiger partial charge in [0.2, 0.25) is 0 Å². The van der Waals surface area contributed by atoms with Crippen LogP contribution in [0, 0.1) is 19.7 Å². The fourth-order valence-electron chi connectivity index (χ4n) is 2.79. The molecule has 1 aromatic carbocycles. The van der Waals surface area contributed by atoms with E-state index in [4.69, 9.17) is 0 Å². The minimum absolute atomic E-state index is 0.109. The van der Waals surface area contributed by atoms with Crippen LogP contribution in [0.2, 0.25) is 0 Å². The number of hydrogen-bond donors (Lipinski definition) is 1. The Morgan fingerprint density at radius 1 is 1.22 bits per heavy atom. The van der Waals surface area contributed by atoms with Gasteiger partial charge in [-0.15, -0.1) is 21.5 Å². The van der Waals surface area contributed by atoms with Crippen LogP contribution in [0.5, 0.6) is 0 Å². The highest BCUT2D eigenvalue weighted by Crippen LogP contribution is 2.28. The van der Waals surface area contributed by atoms with Crippen molar-refractivity contribution in [2.75, 3.05) is 0 Å². The summed E-state index contributed by atoms with van der Waals surface area (Å²) in [6.07, 6.45) is 0. The van der Waals surface area contributed by atoms with Gasteiger partial charge in [0.25, 0.3) is 5.56 Å². The Hall–Kier alpha value is -2.52. The highest BCUT2D eigenvalue weighted by molar-refractivity contribution is 7.98. The first kappa shape index (κ1) is 17.9. The summed E-state index contributed by atoms with van der Waals surface area (Å²) in [5.41, 5.74) is 1.67. The molecule has 0 aliphatic rings. The summed E-state index contributed by atoms with van der Waals surface area (Å²) in [4.78, 5) is 21.7. The number of benzene rings is 1. The van der Waals surface area contributed by atoms with Gasteiger partial charge in [-0.2, -0.15) is 0 Å². The standard InChI is InChI=1S/C18H16FN5OS2/c1-9-10(2)27-17-14(9)16(25)20-13(21-17)8-26-18-23-22-15(24(18)3)11-4-6-12(19)7-5-11/h4-7H,8H2,1-3H3,(H,20,21,25). The molecule has 0 saturated carbocycles. The van der Waals surface area contributed by atoms with E-state index in [9.17, 15) is 9.18 Å². The Bertz CT molecular complexity index is 1190.